The van der Waals surface area contributed by atoms with E-state index in [1.807, 2.05) is 29.7 Å². The van der Waals surface area contributed by atoms with Crippen LogP contribution in [0.15, 0.2) is 23.6 Å². The molecule has 3 nitrogen and oxygen atoms in total. The maximum absolute atomic E-state index is 11.6. The Balaban J connectivity index is 2.17. The minimum atomic E-state index is -0.315. The number of anilines is 1. The Hall–Kier alpha value is -1.59. The van der Waals surface area contributed by atoms with Crippen LogP contribution in [0.4, 0.5) is 5.69 Å². The molecule has 5 heteroatoms. The van der Waals surface area contributed by atoms with Crippen LogP contribution in [-0.4, -0.2) is 12.6 Å². The molecule has 0 atom stereocenters. The summed E-state index contributed by atoms with van der Waals surface area (Å²) in [5.74, 6) is -0.315. The van der Waals surface area contributed by atoms with Gasteiger partial charge in [0.2, 0.25) is 0 Å². The number of ether oxygens (including phenoxy) is 1. The predicted octanol–water partition coefficient (Wildman–Crippen LogP) is 3.74. The standard InChI is InChI=1S/C13H13NO2S2/c1-2-16-13(15)12-8-10(14)11(18-12)6-5-9-4-3-7-17-9/h3-8H,2,14H2,1H3. The molecule has 0 bridgehead atoms. The maximum Gasteiger partial charge on any atom is 0.348 e. The number of carbonyl (C=O) groups is 1. The highest BCUT2D eigenvalue weighted by Gasteiger charge is 2.12. The minimum absolute atomic E-state index is 0.315. The Labute approximate surface area is 114 Å². The Morgan fingerprint density at radius 3 is 3.00 bits per heavy atom. The molecule has 0 aliphatic rings. The van der Waals surface area contributed by atoms with Crippen molar-refractivity contribution in [1.29, 1.82) is 0 Å². The summed E-state index contributed by atoms with van der Waals surface area (Å²) >= 11 is 3.00. The van der Waals surface area contributed by atoms with E-state index in [1.54, 1.807) is 24.3 Å². The summed E-state index contributed by atoms with van der Waals surface area (Å²) in [5, 5.41) is 2.02. The lowest BCUT2D eigenvalue weighted by atomic mass is 10.3. The fraction of sp³-hybridized carbons (Fsp3) is 0.154. The molecule has 2 aromatic heterocycles. The van der Waals surface area contributed by atoms with Crippen LogP contribution in [0, 0.1) is 0 Å². The number of nitrogens with two attached hydrogens (primary N) is 1. The van der Waals surface area contributed by atoms with Gasteiger partial charge in [0.1, 0.15) is 4.88 Å². The highest BCUT2D eigenvalue weighted by atomic mass is 32.1. The molecule has 2 aromatic rings. The van der Waals surface area contributed by atoms with Gasteiger partial charge in [0.05, 0.1) is 17.2 Å². The van der Waals surface area contributed by atoms with Crippen LogP contribution in [-0.2, 0) is 4.74 Å². The van der Waals surface area contributed by atoms with E-state index in [0.29, 0.717) is 17.2 Å². The summed E-state index contributed by atoms with van der Waals surface area (Å²) in [6, 6.07) is 5.68. The van der Waals surface area contributed by atoms with Gasteiger partial charge in [-0.15, -0.1) is 22.7 Å². The highest BCUT2D eigenvalue weighted by Crippen LogP contribution is 2.27. The zero-order valence-corrected chi connectivity index (χ0v) is 11.5. The molecule has 0 saturated heterocycles. The Kier molecular flexibility index (Phi) is 4.17. The molecule has 2 rings (SSSR count). The largest absolute Gasteiger partial charge is 0.462 e. The third-order valence-electron chi connectivity index (χ3n) is 2.21. The molecule has 0 aliphatic heterocycles. The van der Waals surface area contributed by atoms with Crippen molar-refractivity contribution >= 4 is 46.5 Å². The molecule has 0 radical (unpaired) electrons. The van der Waals surface area contributed by atoms with Gasteiger partial charge in [-0.05, 0) is 36.6 Å². The first-order valence-corrected chi connectivity index (χ1v) is 7.18. The van der Waals surface area contributed by atoms with Crippen LogP contribution in [0.3, 0.4) is 0 Å². The second-order valence-corrected chi connectivity index (χ2v) is 5.56. The number of carbonyl (C=O) groups excluding carboxylic acids is 1. The second kappa shape index (κ2) is 5.84. The third kappa shape index (κ3) is 3.00. The minimum Gasteiger partial charge on any atom is -0.462 e. The lowest BCUT2D eigenvalue weighted by Crippen LogP contribution is -2.01. The third-order valence-corrected chi connectivity index (χ3v) is 4.14. The van der Waals surface area contributed by atoms with Crippen LogP contribution in [0.2, 0.25) is 0 Å². The van der Waals surface area contributed by atoms with E-state index in [9.17, 15) is 4.79 Å². The van der Waals surface area contributed by atoms with Gasteiger partial charge in [-0.2, -0.15) is 0 Å². The molecular weight excluding hydrogens is 266 g/mol. The summed E-state index contributed by atoms with van der Waals surface area (Å²) in [6.45, 7) is 2.16. The molecule has 0 spiro atoms. The average Bonchev–Trinajstić information content (AvgIpc) is 2.96. The molecule has 0 aromatic carbocycles. The van der Waals surface area contributed by atoms with Gasteiger partial charge in [0.15, 0.2) is 0 Å². The van der Waals surface area contributed by atoms with Crippen LogP contribution < -0.4 is 5.73 Å². The first kappa shape index (κ1) is 12.9. The fourth-order valence-corrected chi connectivity index (χ4v) is 2.89. The molecular formula is C13H13NO2S2. The lowest BCUT2D eigenvalue weighted by Gasteiger charge is -1.95. The molecule has 0 aliphatic carbocycles. The number of hydrogen-bond acceptors (Lipinski definition) is 5. The van der Waals surface area contributed by atoms with Gasteiger partial charge in [-0.1, -0.05) is 6.07 Å². The zero-order chi connectivity index (χ0) is 13.0. The van der Waals surface area contributed by atoms with Crippen molar-refractivity contribution < 1.29 is 9.53 Å². The number of esters is 1. The molecule has 0 amide bonds. The SMILES string of the molecule is CCOC(=O)c1cc(N)c(C=Cc2cccs2)s1. The second-order valence-electron chi connectivity index (χ2n) is 3.50. The first-order chi connectivity index (χ1) is 8.70. The lowest BCUT2D eigenvalue weighted by molar-refractivity contribution is 0.0532. The van der Waals surface area contributed by atoms with E-state index in [2.05, 4.69) is 0 Å². The highest BCUT2D eigenvalue weighted by molar-refractivity contribution is 7.15. The van der Waals surface area contributed by atoms with Crippen LogP contribution >= 0.6 is 22.7 Å². The number of hydrogen-bond donors (Lipinski definition) is 1. The summed E-state index contributed by atoms with van der Waals surface area (Å²) in [6.07, 6.45) is 3.91. The van der Waals surface area contributed by atoms with Crippen LogP contribution in [0.25, 0.3) is 12.2 Å². The van der Waals surface area contributed by atoms with Crippen molar-refractivity contribution in [2.75, 3.05) is 12.3 Å². The zero-order valence-electron chi connectivity index (χ0n) is 9.88. The van der Waals surface area contributed by atoms with Gasteiger partial charge < -0.3 is 10.5 Å². The summed E-state index contributed by atoms with van der Waals surface area (Å²) < 4.78 is 4.94. The fourth-order valence-electron chi connectivity index (χ4n) is 1.40. The Morgan fingerprint density at radius 1 is 1.50 bits per heavy atom. The molecule has 0 unspecified atom stereocenters. The number of rotatable bonds is 4. The topological polar surface area (TPSA) is 52.3 Å². The van der Waals surface area contributed by atoms with E-state index in [4.69, 9.17) is 10.5 Å². The van der Waals surface area contributed by atoms with Gasteiger partial charge in [0, 0.05) is 4.88 Å². The quantitative estimate of drug-likeness (QED) is 0.867. The molecule has 94 valence electrons. The summed E-state index contributed by atoms with van der Waals surface area (Å²) in [5.41, 5.74) is 6.48. The Bertz CT molecular complexity index is 556. The van der Waals surface area contributed by atoms with E-state index in [0.717, 1.165) is 9.75 Å². The van der Waals surface area contributed by atoms with Crippen molar-refractivity contribution in [3.8, 4) is 0 Å². The molecule has 0 saturated carbocycles. The smallest absolute Gasteiger partial charge is 0.348 e. The van der Waals surface area contributed by atoms with Gasteiger partial charge in [-0.3, -0.25) is 0 Å². The monoisotopic (exact) mass is 279 g/mol. The normalized spacial score (nSPS) is 10.9. The molecule has 2 N–H and O–H groups in total. The van der Waals surface area contributed by atoms with E-state index < -0.39 is 0 Å². The van der Waals surface area contributed by atoms with E-state index in [1.165, 1.54) is 11.3 Å². The molecule has 2 heterocycles. The van der Waals surface area contributed by atoms with Crippen molar-refractivity contribution in [1.82, 2.24) is 0 Å². The maximum atomic E-state index is 11.6. The molecule has 0 fully saturated rings. The Morgan fingerprint density at radius 2 is 2.33 bits per heavy atom. The van der Waals surface area contributed by atoms with Crippen molar-refractivity contribution in [3.05, 3.63) is 38.2 Å². The first-order valence-electron chi connectivity index (χ1n) is 5.48. The van der Waals surface area contributed by atoms with Gasteiger partial charge in [0.25, 0.3) is 0 Å². The van der Waals surface area contributed by atoms with E-state index >= 15 is 0 Å². The average molecular weight is 279 g/mol. The van der Waals surface area contributed by atoms with E-state index in [-0.39, 0.29) is 5.97 Å². The van der Waals surface area contributed by atoms with Crippen molar-refractivity contribution in [3.63, 3.8) is 0 Å². The summed E-state index contributed by atoms with van der Waals surface area (Å²) in [4.78, 5) is 14.1. The molecule has 18 heavy (non-hydrogen) atoms. The van der Waals surface area contributed by atoms with Crippen molar-refractivity contribution in [2.24, 2.45) is 0 Å². The van der Waals surface area contributed by atoms with Crippen molar-refractivity contribution in [2.45, 2.75) is 6.92 Å². The van der Waals surface area contributed by atoms with Crippen LogP contribution in [0.5, 0.6) is 0 Å². The van der Waals surface area contributed by atoms with Gasteiger partial charge in [-0.25, -0.2) is 4.79 Å². The van der Waals surface area contributed by atoms with Crippen LogP contribution in [0.1, 0.15) is 26.3 Å². The van der Waals surface area contributed by atoms with Gasteiger partial charge >= 0.3 is 5.97 Å². The number of nitrogen functional groups attached to an aromatic ring is 1. The number of thiophene rings is 2. The summed E-state index contributed by atoms with van der Waals surface area (Å²) in [7, 11) is 0. The predicted molar refractivity (Wildman–Crippen MR) is 77.9 cm³/mol.